The van der Waals surface area contributed by atoms with Gasteiger partial charge in [0.2, 0.25) is 5.91 Å². The quantitative estimate of drug-likeness (QED) is 0.455. The number of aliphatic imine (C=N–C) groups is 1. The maximum absolute atomic E-state index is 11.8. The Morgan fingerprint density at radius 1 is 1.37 bits per heavy atom. The van der Waals surface area contributed by atoms with Crippen molar-refractivity contribution in [2.75, 3.05) is 46.9 Å². The summed E-state index contributed by atoms with van der Waals surface area (Å²) in [6, 6.07) is 8.23. The number of guanidine groups is 1. The summed E-state index contributed by atoms with van der Waals surface area (Å²) in [4.78, 5) is 20.0. The van der Waals surface area contributed by atoms with Crippen LogP contribution in [0.15, 0.2) is 48.0 Å². The van der Waals surface area contributed by atoms with Gasteiger partial charge in [-0.25, -0.2) is 4.99 Å². The first-order chi connectivity index (χ1) is 13.0. The van der Waals surface area contributed by atoms with Crippen LogP contribution in [0.5, 0.6) is 5.75 Å². The van der Waals surface area contributed by atoms with E-state index in [0.717, 1.165) is 31.2 Å². The number of hydrogen-bond donors (Lipinski definition) is 1. The van der Waals surface area contributed by atoms with Crippen molar-refractivity contribution >= 4 is 17.4 Å². The van der Waals surface area contributed by atoms with Crippen LogP contribution in [0.25, 0.3) is 5.57 Å². The van der Waals surface area contributed by atoms with E-state index in [9.17, 15) is 4.79 Å². The Balaban J connectivity index is 2.05. The first kappa shape index (κ1) is 20.6. The zero-order valence-corrected chi connectivity index (χ0v) is 16.6. The van der Waals surface area contributed by atoms with E-state index in [2.05, 4.69) is 40.0 Å². The Kier molecular flexibility index (Phi) is 7.92. The molecule has 1 aromatic rings. The number of amides is 1. The van der Waals surface area contributed by atoms with Crippen LogP contribution in [0.4, 0.5) is 0 Å². The van der Waals surface area contributed by atoms with Crippen LogP contribution in [0, 0.1) is 0 Å². The molecule has 27 heavy (non-hydrogen) atoms. The predicted molar refractivity (Wildman–Crippen MR) is 111 cm³/mol. The molecule has 146 valence electrons. The molecule has 0 saturated heterocycles. The zero-order chi connectivity index (χ0) is 19.6. The van der Waals surface area contributed by atoms with Gasteiger partial charge in [0.25, 0.3) is 0 Å². The third-order valence-corrected chi connectivity index (χ3v) is 4.31. The number of likely N-dealkylation sites (N-methyl/N-ethyl adjacent to an activating group) is 1. The van der Waals surface area contributed by atoms with Gasteiger partial charge in [-0.2, -0.15) is 0 Å². The normalized spacial score (nSPS) is 14.4. The smallest absolute Gasteiger partial charge is 0.243 e. The second kappa shape index (κ2) is 10.4. The Hall–Kier alpha value is -2.76. The lowest BCUT2D eigenvalue weighted by molar-refractivity contribution is -0.127. The van der Waals surface area contributed by atoms with Gasteiger partial charge in [-0.3, -0.25) is 4.79 Å². The number of ether oxygens (including phenoxy) is 1. The molecule has 0 unspecified atom stereocenters. The molecule has 1 N–H and O–H groups in total. The van der Waals surface area contributed by atoms with E-state index in [0.29, 0.717) is 13.2 Å². The lowest BCUT2D eigenvalue weighted by Gasteiger charge is -2.30. The zero-order valence-electron chi connectivity index (χ0n) is 16.6. The first-order valence-corrected chi connectivity index (χ1v) is 9.31. The fraction of sp³-hybridized carbons (Fsp3) is 0.429. The van der Waals surface area contributed by atoms with Gasteiger partial charge in [-0.05, 0) is 36.6 Å². The second-order valence-electron chi connectivity index (χ2n) is 6.48. The summed E-state index contributed by atoms with van der Waals surface area (Å²) in [6.45, 7) is 8.74. The maximum atomic E-state index is 11.8. The van der Waals surface area contributed by atoms with Gasteiger partial charge in [0.15, 0.2) is 5.96 Å². The molecule has 6 heteroatoms. The highest BCUT2D eigenvalue weighted by atomic mass is 16.5. The van der Waals surface area contributed by atoms with Gasteiger partial charge in [0.05, 0.1) is 6.61 Å². The molecule has 0 bridgehead atoms. The van der Waals surface area contributed by atoms with E-state index in [-0.39, 0.29) is 12.5 Å². The number of nitrogens with one attached hydrogen (secondary N) is 1. The van der Waals surface area contributed by atoms with Crippen molar-refractivity contribution in [3.63, 3.8) is 0 Å². The van der Waals surface area contributed by atoms with E-state index < -0.39 is 0 Å². The molecular weight excluding hydrogens is 340 g/mol. The monoisotopic (exact) mass is 370 g/mol. The minimum Gasteiger partial charge on any atom is -0.494 e. The Morgan fingerprint density at radius 2 is 2.11 bits per heavy atom. The van der Waals surface area contributed by atoms with Gasteiger partial charge in [-0.1, -0.05) is 24.3 Å². The molecule has 1 heterocycles. The standard InChI is InChI=1S/C21H30N4O2/c1-5-13-22-21(23-16-20(26)24(3)4)25-14-11-18(12-15-25)17-7-9-19(10-8-17)27-6-2/h5,7-11H,1,6,12-16H2,2-4H3,(H,22,23). The average Bonchev–Trinajstić information content (AvgIpc) is 2.69. The van der Waals surface area contributed by atoms with Crippen molar-refractivity contribution in [3.05, 3.63) is 48.6 Å². The van der Waals surface area contributed by atoms with Crippen LogP contribution in [0.1, 0.15) is 18.9 Å². The van der Waals surface area contributed by atoms with Gasteiger partial charge in [-0.15, -0.1) is 6.58 Å². The fourth-order valence-corrected chi connectivity index (χ4v) is 2.77. The van der Waals surface area contributed by atoms with Crippen LogP contribution in [0.3, 0.4) is 0 Å². The van der Waals surface area contributed by atoms with E-state index in [1.165, 1.54) is 11.1 Å². The molecule has 6 nitrogen and oxygen atoms in total. The number of carbonyl (C=O) groups excluding carboxylic acids is 1. The van der Waals surface area contributed by atoms with E-state index in [1.807, 2.05) is 19.1 Å². The highest BCUT2D eigenvalue weighted by Gasteiger charge is 2.17. The number of nitrogens with zero attached hydrogens (tertiary/aromatic N) is 3. The molecule has 2 rings (SSSR count). The summed E-state index contributed by atoms with van der Waals surface area (Å²) < 4.78 is 5.51. The summed E-state index contributed by atoms with van der Waals surface area (Å²) in [7, 11) is 3.48. The number of hydrogen-bond acceptors (Lipinski definition) is 3. The summed E-state index contributed by atoms with van der Waals surface area (Å²) in [5.41, 5.74) is 2.54. The lowest BCUT2D eigenvalue weighted by atomic mass is 9.99. The number of rotatable bonds is 7. The summed E-state index contributed by atoms with van der Waals surface area (Å²) in [5.74, 6) is 1.62. The van der Waals surface area contributed by atoms with E-state index in [4.69, 9.17) is 4.74 Å². The Labute approximate surface area is 162 Å². The highest BCUT2D eigenvalue weighted by molar-refractivity contribution is 5.85. The molecule has 0 fully saturated rings. The van der Waals surface area contributed by atoms with Crippen molar-refractivity contribution in [2.24, 2.45) is 4.99 Å². The molecule has 0 radical (unpaired) electrons. The molecule has 1 amide bonds. The van der Waals surface area contributed by atoms with E-state index >= 15 is 0 Å². The Bertz CT molecular complexity index is 693. The van der Waals surface area contributed by atoms with Crippen molar-refractivity contribution in [2.45, 2.75) is 13.3 Å². The van der Waals surface area contributed by atoms with Crippen molar-refractivity contribution in [1.82, 2.24) is 15.1 Å². The van der Waals surface area contributed by atoms with Gasteiger partial charge in [0, 0.05) is 33.7 Å². The first-order valence-electron chi connectivity index (χ1n) is 9.31. The summed E-state index contributed by atoms with van der Waals surface area (Å²) in [5, 5.41) is 3.25. The number of carbonyl (C=O) groups is 1. The number of benzene rings is 1. The largest absolute Gasteiger partial charge is 0.494 e. The van der Waals surface area contributed by atoms with Gasteiger partial charge in [0.1, 0.15) is 12.3 Å². The molecule has 0 aromatic heterocycles. The fourth-order valence-electron chi connectivity index (χ4n) is 2.77. The van der Waals surface area contributed by atoms with Crippen LogP contribution in [0.2, 0.25) is 0 Å². The molecular formula is C21H30N4O2. The molecule has 1 aromatic carbocycles. The van der Waals surface area contributed by atoms with Crippen LogP contribution in [-0.4, -0.2) is 68.5 Å². The molecule has 0 spiro atoms. The maximum Gasteiger partial charge on any atom is 0.243 e. The topological polar surface area (TPSA) is 57.2 Å². The third kappa shape index (κ3) is 6.16. The lowest BCUT2D eigenvalue weighted by Crippen LogP contribution is -2.44. The van der Waals surface area contributed by atoms with Crippen molar-refractivity contribution < 1.29 is 9.53 Å². The second-order valence-corrected chi connectivity index (χ2v) is 6.48. The predicted octanol–water partition coefficient (Wildman–Crippen LogP) is 2.39. The Morgan fingerprint density at radius 3 is 2.67 bits per heavy atom. The average molecular weight is 370 g/mol. The van der Waals surface area contributed by atoms with E-state index in [1.54, 1.807) is 25.1 Å². The van der Waals surface area contributed by atoms with Gasteiger partial charge < -0.3 is 19.9 Å². The molecule has 0 aliphatic carbocycles. The van der Waals surface area contributed by atoms with Crippen LogP contribution >= 0.6 is 0 Å². The highest BCUT2D eigenvalue weighted by Crippen LogP contribution is 2.24. The van der Waals surface area contributed by atoms with Crippen molar-refractivity contribution in [1.29, 1.82) is 0 Å². The van der Waals surface area contributed by atoms with Gasteiger partial charge >= 0.3 is 0 Å². The molecule has 1 aliphatic rings. The van der Waals surface area contributed by atoms with Crippen LogP contribution < -0.4 is 10.1 Å². The molecule has 0 atom stereocenters. The molecule has 0 saturated carbocycles. The summed E-state index contributed by atoms with van der Waals surface area (Å²) >= 11 is 0. The summed E-state index contributed by atoms with van der Waals surface area (Å²) in [6.07, 6.45) is 4.93. The minimum absolute atomic E-state index is 0.0180. The molecule has 1 aliphatic heterocycles. The third-order valence-electron chi connectivity index (χ3n) is 4.31. The van der Waals surface area contributed by atoms with Crippen molar-refractivity contribution in [3.8, 4) is 5.75 Å². The SMILES string of the molecule is C=CCNC(=NCC(=O)N(C)C)N1CC=C(c2ccc(OCC)cc2)CC1. The minimum atomic E-state index is -0.0180. The van der Waals surface area contributed by atoms with Crippen LogP contribution in [-0.2, 0) is 4.79 Å².